The van der Waals surface area contributed by atoms with E-state index in [1.807, 2.05) is 67.8 Å². The van der Waals surface area contributed by atoms with Crippen LogP contribution in [0.1, 0.15) is 29.8 Å². The second kappa shape index (κ2) is 9.49. The Bertz CT molecular complexity index is 1160. The second-order valence-electron chi connectivity index (χ2n) is 7.11. The number of benzene rings is 2. The Hall–Kier alpha value is -3.58. The number of carbonyl (C=O) groups excluding carboxylic acids is 1. The molecule has 4 aromatic rings. The Labute approximate surface area is 185 Å². The van der Waals surface area contributed by atoms with Crippen molar-refractivity contribution < 1.29 is 9.53 Å². The second-order valence-corrected chi connectivity index (χ2v) is 7.97. The van der Waals surface area contributed by atoms with Crippen molar-refractivity contribution in [1.82, 2.24) is 15.0 Å². The highest BCUT2D eigenvalue weighted by atomic mass is 32.1. The van der Waals surface area contributed by atoms with E-state index in [9.17, 15) is 4.79 Å². The molecule has 7 heteroatoms. The number of thiazole rings is 1. The van der Waals surface area contributed by atoms with Crippen LogP contribution < -0.4 is 10.1 Å². The van der Waals surface area contributed by atoms with Gasteiger partial charge in [-0.3, -0.25) is 14.8 Å². The number of hydrogen-bond donors (Lipinski definition) is 1. The molecule has 0 saturated carbocycles. The molecule has 31 heavy (non-hydrogen) atoms. The lowest BCUT2D eigenvalue weighted by Crippen LogP contribution is -2.15. The quantitative estimate of drug-likeness (QED) is 0.434. The molecule has 0 aliphatic heterocycles. The molecule has 2 aromatic carbocycles. The van der Waals surface area contributed by atoms with Crippen molar-refractivity contribution in [2.75, 3.05) is 5.32 Å². The van der Waals surface area contributed by atoms with Crippen molar-refractivity contribution in [3.8, 4) is 16.5 Å². The number of amides is 1. The lowest BCUT2D eigenvalue weighted by Gasteiger charge is -2.16. The van der Waals surface area contributed by atoms with Crippen LogP contribution in [0.25, 0.3) is 10.7 Å². The van der Waals surface area contributed by atoms with Gasteiger partial charge in [-0.1, -0.05) is 30.3 Å². The van der Waals surface area contributed by atoms with Crippen molar-refractivity contribution in [3.63, 3.8) is 0 Å². The molecule has 156 valence electrons. The van der Waals surface area contributed by atoms with Gasteiger partial charge in [0, 0.05) is 23.5 Å². The average molecular weight is 431 g/mol. The first kappa shape index (κ1) is 20.7. The van der Waals surface area contributed by atoms with E-state index in [0.717, 1.165) is 27.6 Å². The maximum Gasteiger partial charge on any atom is 0.230 e. The van der Waals surface area contributed by atoms with Gasteiger partial charge in [0.25, 0.3) is 0 Å². The molecule has 0 radical (unpaired) electrons. The number of ether oxygens (including phenoxy) is 1. The number of hydrogen-bond acceptors (Lipinski definition) is 6. The predicted octanol–water partition coefficient (Wildman–Crippen LogP) is 5.23. The van der Waals surface area contributed by atoms with E-state index in [2.05, 4.69) is 20.3 Å². The molecule has 2 heterocycles. The summed E-state index contributed by atoms with van der Waals surface area (Å²) in [5.41, 5.74) is 4.22. The molecule has 6 nitrogen and oxygen atoms in total. The van der Waals surface area contributed by atoms with Crippen molar-refractivity contribution in [1.29, 1.82) is 0 Å². The van der Waals surface area contributed by atoms with Gasteiger partial charge in [-0.2, -0.15) is 0 Å². The van der Waals surface area contributed by atoms with Crippen LogP contribution in [0.5, 0.6) is 5.75 Å². The van der Waals surface area contributed by atoms with Gasteiger partial charge in [0.15, 0.2) is 0 Å². The summed E-state index contributed by atoms with van der Waals surface area (Å²) in [5, 5.41) is 5.59. The summed E-state index contributed by atoms with van der Waals surface area (Å²) in [6.45, 7) is 3.97. The zero-order chi connectivity index (χ0) is 21.6. The van der Waals surface area contributed by atoms with E-state index < -0.39 is 0 Å². The van der Waals surface area contributed by atoms with Gasteiger partial charge in [-0.05, 0) is 43.2 Å². The molecule has 0 bridgehead atoms. The average Bonchev–Trinajstić information content (AvgIpc) is 3.25. The molecule has 0 aliphatic carbocycles. The Balaban J connectivity index is 1.37. The molecular formula is C24H22N4O2S. The summed E-state index contributed by atoms with van der Waals surface area (Å²) < 4.78 is 6.05. The molecular weight excluding hydrogens is 408 g/mol. The molecule has 1 N–H and O–H groups in total. The zero-order valence-electron chi connectivity index (χ0n) is 17.3. The van der Waals surface area contributed by atoms with Gasteiger partial charge in [0.1, 0.15) is 22.6 Å². The molecule has 1 unspecified atom stereocenters. The number of nitrogens with zero attached hydrogens (tertiary/aromatic N) is 3. The van der Waals surface area contributed by atoms with Crippen molar-refractivity contribution >= 4 is 22.9 Å². The van der Waals surface area contributed by atoms with Crippen molar-refractivity contribution in [2.24, 2.45) is 0 Å². The van der Waals surface area contributed by atoms with Gasteiger partial charge in [-0.25, -0.2) is 4.98 Å². The highest BCUT2D eigenvalue weighted by Crippen LogP contribution is 2.26. The highest BCUT2D eigenvalue weighted by Gasteiger charge is 2.12. The Morgan fingerprint density at radius 3 is 2.74 bits per heavy atom. The number of nitrogens with one attached hydrogen (secondary N) is 1. The summed E-state index contributed by atoms with van der Waals surface area (Å²) in [6.07, 6.45) is 5.04. The first-order chi connectivity index (χ1) is 15.1. The predicted molar refractivity (Wildman–Crippen MR) is 122 cm³/mol. The van der Waals surface area contributed by atoms with Crippen LogP contribution in [0.4, 0.5) is 5.69 Å². The third-order valence-corrected chi connectivity index (χ3v) is 5.64. The fraction of sp³-hybridized carbons (Fsp3) is 0.167. The van der Waals surface area contributed by atoms with Gasteiger partial charge < -0.3 is 10.1 Å². The van der Waals surface area contributed by atoms with Crippen LogP contribution in [-0.4, -0.2) is 20.9 Å². The van der Waals surface area contributed by atoms with E-state index in [-0.39, 0.29) is 18.4 Å². The fourth-order valence-electron chi connectivity index (χ4n) is 3.12. The van der Waals surface area contributed by atoms with Gasteiger partial charge in [0.2, 0.25) is 5.91 Å². The molecule has 0 spiro atoms. The molecule has 0 aliphatic rings. The monoisotopic (exact) mass is 430 g/mol. The minimum absolute atomic E-state index is 0.0609. The Morgan fingerprint density at radius 2 is 2.00 bits per heavy atom. The number of aromatic nitrogens is 3. The number of anilines is 1. The van der Waals surface area contributed by atoms with E-state index in [4.69, 9.17) is 4.74 Å². The molecule has 1 atom stereocenters. The fourth-order valence-corrected chi connectivity index (χ4v) is 3.90. The lowest BCUT2D eigenvalue weighted by molar-refractivity contribution is -0.115. The zero-order valence-corrected chi connectivity index (χ0v) is 18.1. The molecule has 2 aromatic heterocycles. The van der Waals surface area contributed by atoms with E-state index in [0.29, 0.717) is 11.4 Å². The molecule has 0 fully saturated rings. The van der Waals surface area contributed by atoms with E-state index in [1.165, 1.54) is 11.3 Å². The Morgan fingerprint density at radius 1 is 1.16 bits per heavy atom. The van der Waals surface area contributed by atoms with Crippen LogP contribution in [0, 0.1) is 6.92 Å². The summed E-state index contributed by atoms with van der Waals surface area (Å²) in [5.74, 6) is 0.644. The van der Waals surface area contributed by atoms with Gasteiger partial charge in [-0.15, -0.1) is 11.3 Å². The largest absolute Gasteiger partial charge is 0.486 e. The van der Waals surface area contributed by atoms with E-state index >= 15 is 0 Å². The summed E-state index contributed by atoms with van der Waals surface area (Å²) >= 11 is 1.45. The van der Waals surface area contributed by atoms with Crippen molar-refractivity contribution in [2.45, 2.75) is 26.4 Å². The third-order valence-electron chi connectivity index (χ3n) is 4.73. The standard InChI is InChI=1S/C24H22N4O2S/c1-16-12-20(30-17(2)18-6-4-3-5-7-18)8-9-21(16)28-23(29)13-19-15-31-24(27-19)22-14-25-10-11-26-22/h3-12,14-15,17H,13H2,1-2H3,(H,28,29). The minimum Gasteiger partial charge on any atom is -0.486 e. The summed E-state index contributed by atoms with van der Waals surface area (Å²) in [7, 11) is 0. The first-order valence-corrected chi connectivity index (χ1v) is 10.8. The van der Waals surface area contributed by atoms with Crippen molar-refractivity contribution in [3.05, 3.63) is 89.3 Å². The Kier molecular flexibility index (Phi) is 6.33. The van der Waals surface area contributed by atoms with Crippen LogP contribution in [0.2, 0.25) is 0 Å². The van der Waals surface area contributed by atoms with Crippen LogP contribution in [0.3, 0.4) is 0 Å². The minimum atomic E-state index is -0.120. The van der Waals surface area contributed by atoms with Crippen LogP contribution in [0.15, 0.2) is 72.5 Å². The summed E-state index contributed by atoms with van der Waals surface area (Å²) in [4.78, 5) is 25.3. The van der Waals surface area contributed by atoms with Crippen LogP contribution >= 0.6 is 11.3 Å². The maximum absolute atomic E-state index is 12.5. The number of aryl methyl sites for hydroxylation is 1. The highest BCUT2D eigenvalue weighted by molar-refractivity contribution is 7.13. The number of carbonyl (C=O) groups is 1. The lowest BCUT2D eigenvalue weighted by atomic mass is 10.1. The smallest absolute Gasteiger partial charge is 0.230 e. The molecule has 0 saturated heterocycles. The van der Waals surface area contributed by atoms with Gasteiger partial charge >= 0.3 is 0 Å². The third kappa shape index (κ3) is 5.32. The normalized spacial score (nSPS) is 11.7. The maximum atomic E-state index is 12.5. The van der Waals surface area contributed by atoms with Crippen LogP contribution in [-0.2, 0) is 11.2 Å². The van der Waals surface area contributed by atoms with E-state index in [1.54, 1.807) is 18.6 Å². The topological polar surface area (TPSA) is 77.0 Å². The SMILES string of the molecule is Cc1cc(OC(C)c2ccccc2)ccc1NC(=O)Cc1csc(-c2cnccn2)n1. The summed E-state index contributed by atoms with van der Waals surface area (Å²) in [6, 6.07) is 15.7. The molecule has 4 rings (SSSR count). The molecule has 1 amide bonds. The first-order valence-electron chi connectivity index (χ1n) is 9.91. The van der Waals surface area contributed by atoms with Gasteiger partial charge in [0.05, 0.1) is 18.3 Å². The number of rotatable bonds is 7.